The van der Waals surface area contributed by atoms with Gasteiger partial charge in [-0.2, -0.15) is 0 Å². The summed E-state index contributed by atoms with van der Waals surface area (Å²) in [5.41, 5.74) is 4.63. The Kier molecular flexibility index (Phi) is 9.29. The number of nitrogens with zero attached hydrogens (tertiary/aromatic N) is 1. The number of aryl methyl sites for hydroxylation is 2. The Labute approximate surface area is 188 Å². The molecule has 2 aromatic carbocycles. The largest absolute Gasteiger partial charge is 0.352 e. The zero-order valence-electron chi connectivity index (χ0n) is 19.9. The van der Waals surface area contributed by atoms with Gasteiger partial charge in [-0.25, -0.2) is 0 Å². The van der Waals surface area contributed by atoms with Gasteiger partial charge in [0.25, 0.3) is 0 Å². The van der Waals surface area contributed by atoms with Gasteiger partial charge in [0.2, 0.25) is 11.8 Å². The van der Waals surface area contributed by atoms with Crippen LogP contribution in [-0.4, -0.2) is 28.8 Å². The molecule has 0 aliphatic rings. The number of amides is 2. The smallest absolute Gasteiger partial charge is 0.242 e. The van der Waals surface area contributed by atoms with Gasteiger partial charge in [0.1, 0.15) is 6.04 Å². The number of hydrogen-bond acceptors (Lipinski definition) is 2. The minimum atomic E-state index is -0.523. The number of benzene rings is 2. The molecule has 2 amide bonds. The summed E-state index contributed by atoms with van der Waals surface area (Å²) in [6.45, 7) is 12.7. The Balaban J connectivity index is 2.13. The summed E-state index contributed by atoms with van der Waals surface area (Å²) in [5.74, 6) is 0.392. The molecule has 0 bridgehead atoms. The molecule has 0 saturated carbocycles. The average molecular weight is 423 g/mol. The molecule has 4 nitrogen and oxygen atoms in total. The zero-order valence-corrected chi connectivity index (χ0v) is 19.9. The Morgan fingerprint density at radius 3 is 2.23 bits per heavy atom. The van der Waals surface area contributed by atoms with E-state index >= 15 is 0 Å². The molecule has 4 heteroatoms. The molecule has 31 heavy (non-hydrogen) atoms. The topological polar surface area (TPSA) is 49.4 Å². The van der Waals surface area contributed by atoms with Crippen LogP contribution in [0, 0.1) is 6.92 Å². The summed E-state index contributed by atoms with van der Waals surface area (Å²) in [7, 11) is 0. The Hall–Kier alpha value is -2.62. The number of carbonyl (C=O) groups is 2. The van der Waals surface area contributed by atoms with Crippen LogP contribution >= 0.6 is 0 Å². The summed E-state index contributed by atoms with van der Waals surface area (Å²) in [5, 5.41) is 3.02. The first-order valence-electron chi connectivity index (χ1n) is 11.5. The minimum Gasteiger partial charge on any atom is -0.352 e. The van der Waals surface area contributed by atoms with E-state index in [4.69, 9.17) is 0 Å². The van der Waals surface area contributed by atoms with Gasteiger partial charge < -0.3 is 10.2 Å². The first-order valence-corrected chi connectivity index (χ1v) is 11.5. The lowest BCUT2D eigenvalue weighted by atomic mass is 10.00. The van der Waals surface area contributed by atoms with E-state index in [-0.39, 0.29) is 17.9 Å². The van der Waals surface area contributed by atoms with Gasteiger partial charge in [-0.05, 0) is 56.2 Å². The third-order valence-electron chi connectivity index (χ3n) is 5.88. The quantitative estimate of drug-likeness (QED) is 0.559. The first-order chi connectivity index (χ1) is 14.7. The molecule has 0 fully saturated rings. The lowest BCUT2D eigenvalue weighted by Crippen LogP contribution is -2.49. The van der Waals surface area contributed by atoms with Gasteiger partial charge in [0, 0.05) is 19.0 Å². The molecule has 0 unspecified atom stereocenters. The van der Waals surface area contributed by atoms with E-state index in [1.165, 1.54) is 5.56 Å². The fourth-order valence-electron chi connectivity index (χ4n) is 3.52. The molecule has 0 radical (unpaired) electrons. The van der Waals surface area contributed by atoms with Crippen LogP contribution in [0.3, 0.4) is 0 Å². The van der Waals surface area contributed by atoms with Gasteiger partial charge in [-0.15, -0.1) is 0 Å². The van der Waals surface area contributed by atoms with E-state index in [0.717, 1.165) is 23.1 Å². The zero-order chi connectivity index (χ0) is 23.0. The fraction of sp³-hybridized carbons (Fsp3) is 0.481. The van der Waals surface area contributed by atoms with Gasteiger partial charge >= 0.3 is 0 Å². The lowest BCUT2D eigenvalue weighted by molar-refractivity contribution is -0.140. The maximum Gasteiger partial charge on any atom is 0.242 e. The third-order valence-corrected chi connectivity index (χ3v) is 5.88. The van der Waals surface area contributed by atoms with E-state index in [1.807, 2.05) is 45.9 Å². The minimum absolute atomic E-state index is 0.00115. The van der Waals surface area contributed by atoms with Crippen LogP contribution in [0.15, 0.2) is 48.5 Å². The monoisotopic (exact) mass is 422 g/mol. The Bertz CT molecular complexity index is 858. The van der Waals surface area contributed by atoms with Crippen LogP contribution in [-0.2, 0) is 22.6 Å². The van der Waals surface area contributed by atoms with E-state index in [2.05, 4.69) is 49.5 Å². The molecule has 0 saturated heterocycles. The highest BCUT2D eigenvalue weighted by Gasteiger charge is 2.26. The molecule has 1 N–H and O–H groups in total. The van der Waals surface area contributed by atoms with Crippen LogP contribution < -0.4 is 5.32 Å². The third kappa shape index (κ3) is 7.54. The molecule has 168 valence electrons. The van der Waals surface area contributed by atoms with E-state index in [0.29, 0.717) is 25.3 Å². The van der Waals surface area contributed by atoms with E-state index in [1.54, 1.807) is 4.90 Å². The van der Waals surface area contributed by atoms with Crippen LogP contribution in [0.25, 0.3) is 0 Å². The van der Waals surface area contributed by atoms with Crippen LogP contribution in [0.1, 0.15) is 75.6 Å². The van der Waals surface area contributed by atoms with Crippen molar-refractivity contribution >= 4 is 11.8 Å². The van der Waals surface area contributed by atoms with Crippen molar-refractivity contribution in [1.82, 2.24) is 10.2 Å². The highest BCUT2D eigenvalue weighted by molar-refractivity contribution is 5.87. The van der Waals surface area contributed by atoms with Crippen molar-refractivity contribution in [2.24, 2.45) is 0 Å². The summed E-state index contributed by atoms with van der Waals surface area (Å²) in [6.07, 6.45) is 1.91. The molecular weight excluding hydrogens is 384 g/mol. The van der Waals surface area contributed by atoms with Crippen molar-refractivity contribution in [3.8, 4) is 0 Å². The van der Waals surface area contributed by atoms with Crippen LogP contribution in [0.4, 0.5) is 0 Å². The number of nitrogens with one attached hydrogen (secondary N) is 1. The predicted octanol–water partition coefficient (Wildman–Crippen LogP) is 5.38. The molecule has 2 rings (SSSR count). The molecule has 0 aromatic heterocycles. The van der Waals surface area contributed by atoms with Crippen molar-refractivity contribution in [1.29, 1.82) is 0 Å². The lowest BCUT2D eigenvalue weighted by Gasteiger charge is -2.30. The summed E-state index contributed by atoms with van der Waals surface area (Å²) in [6, 6.07) is 16.2. The maximum atomic E-state index is 13.2. The fourth-order valence-corrected chi connectivity index (χ4v) is 3.52. The van der Waals surface area contributed by atoms with Crippen molar-refractivity contribution < 1.29 is 9.59 Å². The molecule has 0 heterocycles. The summed E-state index contributed by atoms with van der Waals surface area (Å²) in [4.78, 5) is 27.7. The highest BCUT2D eigenvalue weighted by Crippen LogP contribution is 2.17. The average Bonchev–Trinajstić information content (AvgIpc) is 2.75. The number of carbonyl (C=O) groups excluding carboxylic acids is 2. The van der Waals surface area contributed by atoms with Gasteiger partial charge in [-0.3, -0.25) is 9.59 Å². The maximum absolute atomic E-state index is 13.2. The SMILES string of the molecule is CC[C@H](C)NC(=O)[C@@H](C)N(Cc1cccc(C)c1)C(=O)CCc1ccc(C(C)C)cc1. The Morgan fingerprint density at radius 2 is 1.65 bits per heavy atom. The highest BCUT2D eigenvalue weighted by atomic mass is 16.2. The molecule has 0 spiro atoms. The number of hydrogen-bond donors (Lipinski definition) is 1. The van der Waals surface area contributed by atoms with Gasteiger partial charge in [0.15, 0.2) is 0 Å². The molecule has 0 aliphatic carbocycles. The van der Waals surface area contributed by atoms with Crippen LogP contribution in [0.5, 0.6) is 0 Å². The molecule has 2 aromatic rings. The number of rotatable bonds is 10. The standard InChI is InChI=1S/C27H38N2O2/c1-7-21(5)28-27(31)22(6)29(18-24-10-8-9-20(4)17-24)26(30)16-13-23-11-14-25(15-12-23)19(2)3/h8-12,14-15,17,19,21-22H,7,13,16,18H2,1-6H3,(H,28,31)/t21-,22+/m0/s1. The second kappa shape index (κ2) is 11.7. The second-order valence-electron chi connectivity index (χ2n) is 8.90. The molecular formula is C27H38N2O2. The van der Waals surface area contributed by atoms with Crippen molar-refractivity contribution in [2.75, 3.05) is 0 Å². The van der Waals surface area contributed by atoms with E-state index in [9.17, 15) is 9.59 Å². The predicted molar refractivity (Wildman–Crippen MR) is 128 cm³/mol. The van der Waals surface area contributed by atoms with Gasteiger partial charge in [-0.1, -0.05) is 74.9 Å². The molecule has 2 atom stereocenters. The summed E-state index contributed by atoms with van der Waals surface area (Å²) >= 11 is 0. The normalized spacial score (nSPS) is 13.0. The Morgan fingerprint density at radius 1 is 0.968 bits per heavy atom. The second-order valence-corrected chi connectivity index (χ2v) is 8.90. The molecule has 0 aliphatic heterocycles. The van der Waals surface area contributed by atoms with Crippen molar-refractivity contribution in [3.63, 3.8) is 0 Å². The van der Waals surface area contributed by atoms with Crippen molar-refractivity contribution in [2.45, 2.75) is 85.4 Å². The van der Waals surface area contributed by atoms with Gasteiger partial charge in [0.05, 0.1) is 0 Å². The first kappa shape index (κ1) is 24.6. The van der Waals surface area contributed by atoms with Crippen LogP contribution in [0.2, 0.25) is 0 Å². The van der Waals surface area contributed by atoms with E-state index < -0.39 is 6.04 Å². The van der Waals surface area contributed by atoms with Crippen molar-refractivity contribution in [3.05, 3.63) is 70.8 Å². The summed E-state index contributed by atoms with van der Waals surface area (Å²) < 4.78 is 0.